The normalized spacial score (nSPS) is 0. The Morgan fingerprint density at radius 1 is 0.0167 bits per heavy atom. The minimum atomic E-state index is 0. The zero-order valence-electron chi connectivity index (χ0n) is 80.7. The van der Waals surface area contributed by atoms with Crippen LogP contribution in [0, 0.1) is 1240 Å². The van der Waals surface area contributed by atoms with Gasteiger partial charge in [-0.2, -0.15) is 0 Å². The first-order valence-corrected chi connectivity index (χ1v) is 0. The summed E-state index contributed by atoms with van der Waals surface area (Å²) < 4.78 is 0. The van der Waals surface area contributed by atoms with E-state index in [2.05, 4.69) is 0 Å². The van der Waals surface area contributed by atoms with Crippen LogP contribution in [0.15, 0.2) is 0 Å². The van der Waals surface area contributed by atoms with Gasteiger partial charge in [0.25, 0.3) is 0 Å². The first-order chi connectivity index (χ1) is 0. The molecule has 0 aliphatic rings. The van der Waals surface area contributed by atoms with Crippen LogP contribution in [0.25, 0.3) is 0 Å². The Kier molecular flexibility index (Phi) is 2050000. The number of hydrogen-bond acceptors (Lipinski definition) is 0. The molecule has 280 valence electrons. The molecule has 0 saturated heterocycles. The van der Waals surface area contributed by atoms with E-state index in [4.69, 9.17) is 0 Å². The average molecular weight is 5160 g/mol. The van der Waals surface area contributed by atoms with E-state index in [-0.39, 0.29) is 1240 Å². The zero-order chi connectivity index (χ0) is 0. The summed E-state index contributed by atoms with van der Waals surface area (Å²) in [5, 5.41) is 0. The van der Waals surface area contributed by atoms with Crippen molar-refractivity contribution in [3.63, 3.8) is 0 Å². The Hall–Kier alpha value is 11.9. The fourth-order valence-electron chi connectivity index (χ4n) is 0. The van der Waals surface area contributed by atoms with Crippen LogP contribution in [0.5, 0.6) is 0 Å². The molecule has 120 heteroatoms. The van der Waals surface area contributed by atoms with Crippen LogP contribution in [-0.2, 0) is 0 Å². The molecule has 120 heavy (non-hydrogen) atoms. The molecule has 0 aliphatic carbocycles. The fraction of sp³-hybridized carbons (Fsp3) is 0. The fourth-order valence-corrected chi connectivity index (χ4v) is 0. The molecule has 0 saturated carbocycles. The predicted molar refractivity (Wildman–Crippen MR) is 0 cm³/mol. The maximum absolute atomic E-state index is 0. The second kappa shape index (κ2) is 15500. The maximum atomic E-state index is 0. The van der Waals surface area contributed by atoms with E-state index in [0.29, 0.717) is 0 Å². The van der Waals surface area contributed by atoms with Crippen molar-refractivity contribution in [3.8, 4) is 0 Å². The van der Waals surface area contributed by atoms with Gasteiger partial charge in [0.2, 0.25) is 0 Å². The van der Waals surface area contributed by atoms with Crippen molar-refractivity contribution in [1.29, 1.82) is 0 Å². The predicted octanol–water partition coefficient (Wildman–Crippen LogP) is 0. The topological polar surface area (TPSA) is 0 Å². The Balaban J connectivity index is 0. The Morgan fingerprint density at radius 2 is 0.0167 bits per heavy atom. The van der Waals surface area contributed by atoms with Crippen LogP contribution in [0.2, 0.25) is 0 Å². The quantitative estimate of drug-likeness (QED) is 0.321. The molecule has 0 N–H and O–H groups in total. The first kappa shape index (κ1) is 15800. The van der Waals surface area contributed by atoms with E-state index in [1.54, 1.807) is 0 Å². The summed E-state index contributed by atoms with van der Waals surface area (Å²) in [5.41, 5.74) is 0. The molecule has 0 aromatic heterocycles. The van der Waals surface area contributed by atoms with Crippen LogP contribution < -0.4 is 0 Å². The Labute approximate surface area is 1210 Å². The van der Waals surface area contributed by atoms with Crippen LogP contribution in [0.3, 0.4) is 0 Å². The van der Waals surface area contributed by atoms with Gasteiger partial charge in [0.1, 0.15) is 0 Å². The van der Waals surface area contributed by atoms with Crippen LogP contribution in [0.4, 0.5) is 0 Å². The molecule has 0 aromatic carbocycles. The van der Waals surface area contributed by atoms with Gasteiger partial charge in [0.15, 0.2) is 0 Å². The third kappa shape index (κ3) is 15100. The van der Waals surface area contributed by atoms with Crippen molar-refractivity contribution >= 4 is 0 Å². The van der Waals surface area contributed by atoms with Gasteiger partial charge in [0, 0.05) is 1240 Å². The van der Waals surface area contributed by atoms with Crippen molar-refractivity contribution in [2.45, 2.75) is 0 Å². The van der Waals surface area contributed by atoms with Gasteiger partial charge in [-0.3, -0.25) is 0 Å². The molecule has 0 rings (SSSR count). The van der Waals surface area contributed by atoms with E-state index in [1.165, 1.54) is 0 Å². The molecule has 0 unspecified atom stereocenters. The average Bonchev–Trinajstić information content (AvgIpc) is 0. The molecule has 0 aromatic rings. The third-order valence-electron chi connectivity index (χ3n) is 0. The second-order valence-corrected chi connectivity index (χ2v) is 0. The molecule has 0 spiro atoms. The zero-order valence-corrected chi connectivity index (χ0v) is 164. The second-order valence-electron chi connectivity index (χ2n) is 0. The SMILES string of the molecule is [He].[He].[He].[He].[He].[He].[He].[He].[He].[He].[He].[He].[He].[He].[He].[He].[He].[He].[He].[He].[He].[He].[He].[He].[He].[He].[He].[He].[He].[He].[He].[He].[He].[He].[He].[He].[He].[He].[He].[He].[He].[He].[He].[He].[He].[He].[He].[He].[He].[He].[He].[He].[He].[He].[He].[He].[He].[He].[He].[He].[He].[He].[He].[He].[He].[He].[He].[He].[He].[He].[He].[He].[He].[He].[He].[He].[He].[He].[He].[He].[He].[He].[He].[He].[He].[He].[He].[He].[He].[He].[He].[He].[He].[He].[He].[He].[He].[He].[He].[He].[U].[U].[U].[U].[U].[U].[U].[U].[U].[U].[U].[U].[U].[U].[U].[U].[U].[U].[U].[U]. The monoisotopic (exact) mass is 5160 g/mol. The van der Waals surface area contributed by atoms with Gasteiger partial charge >= 0.3 is 0 Å². The van der Waals surface area contributed by atoms with Gasteiger partial charge in [0.05, 0.1) is 0 Å². The van der Waals surface area contributed by atoms with Gasteiger partial charge in [-0.25, -0.2) is 0 Å². The van der Waals surface area contributed by atoms with Crippen molar-refractivity contribution in [3.05, 3.63) is 0 Å². The summed E-state index contributed by atoms with van der Waals surface area (Å²) in [5.74, 6) is 0. The van der Waals surface area contributed by atoms with Crippen molar-refractivity contribution < 1.29 is 1240 Å². The largest absolute Gasteiger partial charge is 0 e. The van der Waals surface area contributed by atoms with E-state index in [1.807, 2.05) is 0 Å². The van der Waals surface area contributed by atoms with E-state index in [0.717, 1.165) is 0 Å². The number of hydrogen-bond donors (Lipinski definition) is 0. The summed E-state index contributed by atoms with van der Waals surface area (Å²) in [6, 6.07) is 0. The first-order valence-electron chi connectivity index (χ1n) is 0. The third-order valence-corrected chi connectivity index (χ3v) is 0. The minimum Gasteiger partial charge on any atom is 0 e. The summed E-state index contributed by atoms with van der Waals surface area (Å²) in [6.07, 6.45) is 0. The van der Waals surface area contributed by atoms with Crippen molar-refractivity contribution in [2.75, 3.05) is 0 Å². The van der Waals surface area contributed by atoms with Crippen LogP contribution in [0.1, 0.15) is 0 Å². The van der Waals surface area contributed by atoms with Gasteiger partial charge < -0.3 is 0 Å². The molecular weight excluding hydrogens is 5160 g/mol. The Morgan fingerprint density at radius 3 is 0.0167 bits per heavy atom. The summed E-state index contributed by atoms with van der Waals surface area (Å²) >= 11 is 0. The molecule has 0 heterocycles. The molecular formula is He100U20. The van der Waals surface area contributed by atoms with Crippen molar-refractivity contribution in [2.24, 2.45) is 0 Å². The summed E-state index contributed by atoms with van der Waals surface area (Å²) in [6.45, 7) is 0. The smallest absolute Gasteiger partial charge is 0 e. The minimum absolute atomic E-state index is 0. The van der Waals surface area contributed by atoms with Gasteiger partial charge in [-0.15, -0.1) is 0 Å². The molecule has 0 fully saturated rings. The molecule has 0 radical (unpaired) electrons. The van der Waals surface area contributed by atoms with Gasteiger partial charge in [-0.1, -0.05) is 0 Å². The number of rotatable bonds is 0. The Bertz CT molecular complexity index is 78.0. The van der Waals surface area contributed by atoms with Crippen molar-refractivity contribution in [1.82, 2.24) is 0 Å². The maximum Gasteiger partial charge on any atom is 0 e. The summed E-state index contributed by atoms with van der Waals surface area (Å²) in [4.78, 5) is 0. The van der Waals surface area contributed by atoms with Crippen LogP contribution in [-0.4, -0.2) is 0 Å². The van der Waals surface area contributed by atoms with Crippen LogP contribution >= 0.6 is 0 Å². The van der Waals surface area contributed by atoms with E-state index in [9.17, 15) is 0 Å². The van der Waals surface area contributed by atoms with E-state index < -0.39 is 0 Å². The molecule has 0 atom stereocenters. The van der Waals surface area contributed by atoms with Gasteiger partial charge in [-0.05, 0) is 0 Å². The molecule has 0 nitrogen and oxygen atoms in total. The van der Waals surface area contributed by atoms with E-state index >= 15 is 0 Å². The molecule has 0 bridgehead atoms. The molecule has 0 aliphatic heterocycles. The standard InChI is InChI=1S/100He.20U. The molecule has 0 amide bonds. The summed E-state index contributed by atoms with van der Waals surface area (Å²) in [7, 11) is 0.